The van der Waals surface area contributed by atoms with Gasteiger partial charge in [0.25, 0.3) is 5.88 Å². The molecular weight excluding hydrogens is 399 g/mol. The fourth-order valence-corrected chi connectivity index (χ4v) is 1.96. The molecule has 0 radical (unpaired) electrons. The van der Waals surface area contributed by atoms with Crippen molar-refractivity contribution in [2.24, 2.45) is 5.73 Å². The van der Waals surface area contributed by atoms with E-state index in [1.807, 2.05) is 0 Å². The number of alkyl halides is 3. The van der Waals surface area contributed by atoms with Gasteiger partial charge in [-0.25, -0.2) is 14.6 Å². The Morgan fingerprint density at radius 2 is 1.83 bits per heavy atom. The van der Waals surface area contributed by atoms with Gasteiger partial charge in [-0.05, 0) is 17.7 Å². The molecule has 2 rings (SSSR count). The van der Waals surface area contributed by atoms with Crippen LogP contribution in [0.5, 0.6) is 11.6 Å². The molecule has 1 heterocycles. The predicted molar refractivity (Wildman–Crippen MR) is 90.2 cm³/mol. The molecule has 0 unspecified atom stereocenters. The average Bonchev–Trinajstić information content (AvgIpc) is 2.66. The van der Waals surface area contributed by atoms with Crippen molar-refractivity contribution in [3.63, 3.8) is 0 Å². The van der Waals surface area contributed by atoms with Crippen LogP contribution in [0.4, 0.5) is 18.0 Å². The molecule has 154 valence electrons. The minimum atomic E-state index is -4.49. The standard InChI is InChI=1S/C17H14F3N3O6/c18-17(19,20)11-3-1-9(2-4-11)8-28-12-5-10(15(25)26)7-22-14(12)29-16(27)23-13(24)6-21/h1-5,7H,6,8,21H2,(H,25,26)(H,23,24,27). The van der Waals surface area contributed by atoms with Crippen molar-refractivity contribution in [3.8, 4) is 11.6 Å². The monoisotopic (exact) mass is 413 g/mol. The smallest absolute Gasteiger partial charge is 0.420 e. The van der Waals surface area contributed by atoms with Crippen LogP contribution >= 0.6 is 0 Å². The molecule has 12 heteroatoms. The topological polar surface area (TPSA) is 141 Å². The second-order valence-electron chi connectivity index (χ2n) is 5.46. The molecule has 1 aromatic heterocycles. The zero-order valence-electron chi connectivity index (χ0n) is 14.5. The number of halogens is 3. The Morgan fingerprint density at radius 3 is 2.38 bits per heavy atom. The molecule has 1 aromatic carbocycles. The summed E-state index contributed by atoms with van der Waals surface area (Å²) in [5.41, 5.74) is 4.24. The first-order valence-electron chi connectivity index (χ1n) is 7.84. The molecule has 4 N–H and O–H groups in total. The van der Waals surface area contributed by atoms with E-state index in [1.54, 1.807) is 5.32 Å². The van der Waals surface area contributed by atoms with Gasteiger partial charge >= 0.3 is 18.2 Å². The number of aromatic carboxylic acids is 1. The maximum Gasteiger partial charge on any atom is 0.420 e. The van der Waals surface area contributed by atoms with Crippen LogP contribution < -0.4 is 20.5 Å². The molecule has 0 aliphatic heterocycles. The first-order valence-corrected chi connectivity index (χ1v) is 7.84. The fourth-order valence-electron chi connectivity index (χ4n) is 1.96. The second kappa shape index (κ2) is 9.01. The van der Waals surface area contributed by atoms with Crippen LogP contribution in [0.15, 0.2) is 36.5 Å². The Kier molecular flexibility index (Phi) is 6.72. The number of rotatable bonds is 6. The third-order valence-electron chi connectivity index (χ3n) is 3.36. The van der Waals surface area contributed by atoms with Gasteiger partial charge in [0.05, 0.1) is 17.7 Å². The normalized spacial score (nSPS) is 10.9. The largest absolute Gasteiger partial charge is 0.483 e. The zero-order chi connectivity index (χ0) is 21.6. The number of nitrogens with one attached hydrogen (secondary N) is 1. The van der Waals surface area contributed by atoms with Crippen molar-refractivity contribution >= 4 is 18.0 Å². The van der Waals surface area contributed by atoms with Crippen LogP contribution in [-0.2, 0) is 17.6 Å². The van der Waals surface area contributed by atoms with Gasteiger partial charge in [0.1, 0.15) is 6.61 Å². The Morgan fingerprint density at radius 1 is 1.17 bits per heavy atom. The van der Waals surface area contributed by atoms with Crippen LogP contribution in [0.2, 0.25) is 0 Å². The maximum absolute atomic E-state index is 12.6. The highest BCUT2D eigenvalue weighted by Gasteiger charge is 2.30. The van der Waals surface area contributed by atoms with Gasteiger partial charge in [-0.1, -0.05) is 12.1 Å². The average molecular weight is 413 g/mol. The number of hydrogen-bond donors (Lipinski definition) is 3. The SMILES string of the molecule is NCC(=O)NC(=O)Oc1ncc(C(=O)O)cc1OCc1ccc(C(F)(F)F)cc1. The number of carboxylic acids is 1. The van der Waals surface area contributed by atoms with E-state index >= 15 is 0 Å². The lowest BCUT2D eigenvalue weighted by Crippen LogP contribution is -2.37. The Hall–Kier alpha value is -3.67. The number of ether oxygens (including phenoxy) is 2. The summed E-state index contributed by atoms with van der Waals surface area (Å²) in [5.74, 6) is -2.90. The van der Waals surface area contributed by atoms with Crippen molar-refractivity contribution in [3.05, 3.63) is 53.2 Å². The van der Waals surface area contributed by atoms with Gasteiger partial charge < -0.3 is 20.3 Å². The summed E-state index contributed by atoms with van der Waals surface area (Å²) in [6.45, 7) is -0.750. The second-order valence-corrected chi connectivity index (χ2v) is 5.46. The molecule has 0 aliphatic carbocycles. The minimum Gasteiger partial charge on any atom is -0.483 e. The molecule has 29 heavy (non-hydrogen) atoms. The minimum absolute atomic E-state index is 0.275. The summed E-state index contributed by atoms with van der Waals surface area (Å²) in [6.07, 6.45) is -4.83. The van der Waals surface area contributed by atoms with Gasteiger partial charge in [0, 0.05) is 12.3 Å². The summed E-state index contributed by atoms with van der Waals surface area (Å²) < 4.78 is 47.9. The molecule has 2 amide bonds. The van der Waals surface area contributed by atoms with Crippen LogP contribution in [0, 0.1) is 0 Å². The Bertz CT molecular complexity index is 916. The Balaban J connectivity index is 2.18. The van der Waals surface area contributed by atoms with Crippen molar-refractivity contribution in [2.45, 2.75) is 12.8 Å². The molecular formula is C17H14F3N3O6. The van der Waals surface area contributed by atoms with Crippen LogP contribution in [0.1, 0.15) is 21.5 Å². The highest BCUT2D eigenvalue weighted by Crippen LogP contribution is 2.30. The zero-order valence-corrected chi connectivity index (χ0v) is 14.5. The lowest BCUT2D eigenvalue weighted by atomic mass is 10.1. The fraction of sp³-hybridized carbons (Fsp3) is 0.176. The number of carbonyl (C=O) groups excluding carboxylic acids is 2. The van der Waals surface area contributed by atoms with E-state index < -0.39 is 42.1 Å². The molecule has 0 saturated carbocycles. The third-order valence-corrected chi connectivity index (χ3v) is 3.36. The van der Waals surface area contributed by atoms with Crippen molar-refractivity contribution in [1.82, 2.24) is 10.3 Å². The molecule has 0 fully saturated rings. The number of imide groups is 1. The third kappa shape index (κ3) is 6.17. The molecule has 0 spiro atoms. The number of hydrogen-bond acceptors (Lipinski definition) is 7. The lowest BCUT2D eigenvalue weighted by Gasteiger charge is -2.12. The summed E-state index contributed by atoms with van der Waals surface area (Å²) in [5, 5.41) is 10.8. The number of carbonyl (C=O) groups is 3. The Labute approximate surface area is 161 Å². The molecule has 2 aromatic rings. The van der Waals surface area contributed by atoms with Crippen molar-refractivity contribution in [2.75, 3.05) is 6.54 Å². The van der Waals surface area contributed by atoms with Crippen LogP contribution in [0.25, 0.3) is 0 Å². The first kappa shape index (κ1) is 21.6. The molecule has 0 aliphatic rings. The number of benzene rings is 1. The highest BCUT2D eigenvalue weighted by molar-refractivity contribution is 5.93. The van der Waals surface area contributed by atoms with E-state index in [0.717, 1.165) is 24.4 Å². The summed E-state index contributed by atoms with van der Waals surface area (Å²) in [7, 11) is 0. The maximum atomic E-state index is 12.6. The summed E-state index contributed by atoms with van der Waals surface area (Å²) in [6, 6.07) is 5.06. The molecule has 9 nitrogen and oxygen atoms in total. The van der Waals surface area contributed by atoms with E-state index in [1.165, 1.54) is 12.1 Å². The number of pyridine rings is 1. The van der Waals surface area contributed by atoms with E-state index in [9.17, 15) is 27.6 Å². The van der Waals surface area contributed by atoms with Crippen LogP contribution in [0.3, 0.4) is 0 Å². The number of amides is 2. The number of aromatic nitrogens is 1. The molecule has 0 saturated heterocycles. The van der Waals surface area contributed by atoms with Gasteiger partial charge in [0.15, 0.2) is 5.75 Å². The quantitative estimate of drug-likeness (QED) is 0.653. The van der Waals surface area contributed by atoms with E-state index in [2.05, 4.69) is 4.98 Å². The predicted octanol–water partition coefficient (Wildman–Crippen LogP) is 1.95. The van der Waals surface area contributed by atoms with Gasteiger partial charge in [-0.3, -0.25) is 10.1 Å². The van der Waals surface area contributed by atoms with E-state index in [0.29, 0.717) is 5.56 Å². The highest BCUT2D eigenvalue weighted by atomic mass is 19.4. The molecule has 0 bridgehead atoms. The van der Waals surface area contributed by atoms with E-state index in [-0.39, 0.29) is 17.9 Å². The van der Waals surface area contributed by atoms with Crippen molar-refractivity contribution in [1.29, 1.82) is 0 Å². The number of carboxylic acid groups (broad SMARTS) is 1. The number of nitrogens with zero attached hydrogens (tertiary/aromatic N) is 1. The van der Waals surface area contributed by atoms with Crippen LogP contribution in [-0.4, -0.2) is 34.6 Å². The van der Waals surface area contributed by atoms with Crippen molar-refractivity contribution < 1.29 is 42.1 Å². The lowest BCUT2D eigenvalue weighted by molar-refractivity contribution is -0.137. The van der Waals surface area contributed by atoms with Gasteiger partial charge in [-0.15, -0.1) is 0 Å². The molecule has 0 atom stereocenters. The first-order chi connectivity index (χ1) is 13.6. The van der Waals surface area contributed by atoms with Gasteiger partial charge in [-0.2, -0.15) is 13.2 Å². The van der Waals surface area contributed by atoms with Gasteiger partial charge in [0.2, 0.25) is 5.91 Å². The summed E-state index contributed by atoms with van der Waals surface area (Å²) in [4.78, 5) is 37.5. The van der Waals surface area contributed by atoms with E-state index in [4.69, 9.17) is 20.3 Å². The summed E-state index contributed by atoms with van der Waals surface area (Å²) >= 11 is 0. The number of nitrogens with two attached hydrogens (primary N) is 1.